The average molecular weight is 103 g/mol. The summed E-state index contributed by atoms with van der Waals surface area (Å²) >= 11 is 0. The summed E-state index contributed by atoms with van der Waals surface area (Å²) in [5, 5.41) is 0. The molecule has 0 aliphatic rings. The van der Waals surface area contributed by atoms with Crippen LogP contribution in [0.15, 0.2) is 0 Å². The van der Waals surface area contributed by atoms with E-state index in [1.54, 1.807) is 0 Å². The van der Waals surface area contributed by atoms with E-state index >= 15 is 0 Å². The molecule has 0 amide bonds. The lowest BCUT2D eigenvalue weighted by Crippen LogP contribution is -0.856. The molecule has 0 bridgehead atoms. The Balaban J connectivity index is -0.00000000267. The summed E-state index contributed by atoms with van der Waals surface area (Å²) in [6.07, 6.45) is 0. The Labute approximate surface area is 51.9 Å². The van der Waals surface area contributed by atoms with E-state index in [2.05, 4.69) is 0 Å². The zero-order valence-electron chi connectivity index (χ0n) is 4.58. The van der Waals surface area contributed by atoms with Crippen LogP contribution in [0.3, 0.4) is 0 Å². The number of rotatable bonds is 0. The standard InChI is InChI=1S/2C2H6.2CH4.B/c2*1-2;;;/h2*1-2H3;2*1H4;. The fourth-order valence-corrected chi connectivity index (χ4v) is 0. The molecular weight excluding hydrogens is 82.9 g/mol. The minimum atomic E-state index is 0. The van der Waals surface area contributed by atoms with Crippen LogP contribution in [0.25, 0.3) is 0 Å². The van der Waals surface area contributed by atoms with Gasteiger partial charge in [-0.1, -0.05) is 42.5 Å². The summed E-state index contributed by atoms with van der Waals surface area (Å²) in [5.41, 5.74) is 0. The molecule has 0 saturated heterocycles. The maximum atomic E-state index is 2.00. The molecule has 1 heteroatoms. The monoisotopic (exact) mass is 103 g/mol. The minimum absolute atomic E-state index is 0. The Bertz CT molecular complexity index is 4.14. The van der Waals surface area contributed by atoms with Crippen LogP contribution in [0, 0.1) is 0 Å². The van der Waals surface area contributed by atoms with Crippen molar-refractivity contribution in [2.45, 2.75) is 42.5 Å². The van der Waals surface area contributed by atoms with Gasteiger partial charge in [0.25, 0.3) is 0 Å². The van der Waals surface area contributed by atoms with Crippen molar-refractivity contribution in [1.29, 1.82) is 0 Å². The van der Waals surface area contributed by atoms with Crippen LogP contribution in [0.4, 0.5) is 0 Å². The smallest absolute Gasteiger partial charge is 0 e. The molecule has 0 aromatic heterocycles. The Kier molecular flexibility index (Phi) is 321000. The summed E-state index contributed by atoms with van der Waals surface area (Å²) in [4.78, 5) is 0. The molecule has 0 heterocycles. The fourth-order valence-electron chi connectivity index (χ4n) is 0. The van der Waals surface area contributed by atoms with Crippen molar-refractivity contribution in [2.24, 2.45) is 0 Å². The first-order chi connectivity index (χ1) is 2.00. The van der Waals surface area contributed by atoms with Gasteiger partial charge in [-0.05, 0) is 0 Å². The van der Waals surface area contributed by atoms with Crippen LogP contribution in [0.2, 0.25) is 0 Å². The predicted molar refractivity (Wildman–Crippen MR) is 41.9 cm³/mol. The van der Waals surface area contributed by atoms with Gasteiger partial charge in [0.2, 0.25) is 0 Å². The van der Waals surface area contributed by atoms with E-state index in [0.29, 0.717) is 0 Å². The van der Waals surface area contributed by atoms with Crippen LogP contribution in [-0.4, -0.2) is 8.41 Å². The molecule has 0 nitrogen and oxygen atoms in total. The second kappa shape index (κ2) is 36900. The second-order valence-electron chi connectivity index (χ2n) is 0. The van der Waals surface area contributed by atoms with Gasteiger partial charge in [-0.25, -0.2) is 0 Å². The van der Waals surface area contributed by atoms with Crippen LogP contribution in [0.5, 0.6) is 0 Å². The third-order valence-electron chi connectivity index (χ3n) is 0. The molecule has 0 aromatic rings. The minimum Gasteiger partial charge on any atom is -0.0776 e. The first-order valence-electron chi connectivity index (χ1n) is 2.00. The molecule has 47 valence electrons. The molecule has 0 aromatic carbocycles. The second-order valence-corrected chi connectivity index (χ2v) is 0. The highest BCUT2D eigenvalue weighted by molar-refractivity contribution is 5.75. The third-order valence-corrected chi connectivity index (χ3v) is 0. The van der Waals surface area contributed by atoms with Crippen molar-refractivity contribution in [1.82, 2.24) is 0 Å². The highest BCUT2D eigenvalue weighted by Gasteiger charge is 0.934. The van der Waals surface area contributed by atoms with Gasteiger partial charge in [-0.2, -0.15) is 0 Å². The van der Waals surface area contributed by atoms with E-state index in [0.717, 1.165) is 0 Å². The van der Waals surface area contributed by atoms with Crippen molar-refractivity contribution in [3.05, 3.63) is 0 Å². The van der Waals surface area contributed by atoms with Crippen molar-refractivity contribution < 1.29 is 0 Å². The quantitative estimate of drug-likeness (QED) is 0.413. The molecule has 0 atom stereocenters. The molecule has 7 heavy (non-hydrogen) atoms. The van der Waals surface area contributed by atoms with E-state index in [4.69, 9.17) is 0 Å². The summed E-state index contributed by atoms with van der Waals surface area (Å²) in [7, 11) is 0. The van der Waals surface area contributed by atoms with E-state index in [-0.39, 0.29) is 23.3 Å². The Morgan fingerprint density at radius 1 is 0.571 bits per heavy atom. The largest absolute Gasteiger partial charge is 0.0776 e. The van der Waals surface area contributed by atoms with Crippen molar-refractivity contribution >= 4 is 8.41 Å². The Morgan fingerprint density at radius 2 is 0.571 bits per heavy atom. The van der Waals surface area contributed by atoms with Gasteiger partial charge >= 0.3 is 0 Å². The molecule has 3 radical (unpaired) electrons. The summed E-state index contributed by atoms with van der Waals surface area (Å²) in [6.45, 7) is 8.00. The molecule has 0 unspecified atom stereocenters. The highest BCUT2D eigenvalue weighted by Crippen LogP contribution is 1.15. The van der Waals surface area contributed by atoms with Gasteiger partial charge in [0.1, 0.15) is 0 Å². The molecule has 0 fully saturated rings. The molecule has 0 saturated carbocycles. The molecule has 0 aliphatic heterocycles. The lowest BCUT2D eigenvalue weighted by molar-refractivity contribution is 1.50. The van der Waals surface area contributed by atoms with Crippen molar-refractivity contribution in [3.8, 4) is 0 Å². The zero-order chi connectivity index (χ0) is 4.00. The Morgan fingerprint density at radius 3 is 0.571 bits per heavy atom. The van der Waals surface area contributed by atoms with Gasteiger partial charge < -0.3 is 0 Å². The molecule has 0 spiro atoms. The van der Waals surface area contributed by atoms with Crippen LogP contribution in [0.1, 0.15) is 42.5 Å². The van der Waals surface area contributed by atoms with E-state index in [9.17, 15) is 0 Å². The third kappa shape index (κ3) is 23800. The van der Waals surface area contributed by atoms with Crippen molar-refractivity contribution in [2.75, 3.05) is 0 Å². The lowest BCUT2D eigenvalue weighted by Gasteiger charge is -1.07. The summed E-state index contributed by atoms with van der Waals surface area (Å²) in [5.74, 6) is 0. The van der Waals surface area contributed by atoms with Crippen LogP contribution < -0.4 is 0 Å². The maximum Gasteiger partial charge on any atom is 0 e. The van der Waals surface area contributed by atoms with Gasteiger partial charge in [0.15, 0.2) is 0 Å². The van der Waals surface area contributed by atoms with E-state index in [1.165, 1.54) is 0 Å². The summed E-state index contributed by atoms with van der Waals surface area (Å²) < 4.78 is 0. The van der Waals surface area contributed by atoms with Gasteiger partial charge in [-0.15, -0.1) is 0 Å². The van der Waals surface area contributed by atoms with Crippen LogP contribution in [-0.2, 0) is 0 Å². The normalized spacial score (nSPS) is 1.71. The number of hydrogen-bond donors (Lipinski definition) is 0. The summed E-state index contributed by atoms with van der Waals surface area (Å²) in [6, 6.07) is 0. The molecular formula is C6H20B. The molecule has 0 N–H and O–H groups in total. The fraction of sp³-hybridized carbons (Fsp3) is 1.00. The average Bonchev–Trinajstić information content (AvgIpc) is 1.50. The first kappa shape index (κ1) is 60.9. The van der Waals surface area contributed by atoms with E-state index in [1.807, 2.05) is 27.7 Å². The van der Waals surface area contributed by atoms with Gasteiger partial charge in [0, 0.05) is 8.41 Å². The number of hydrogen-bond acceptors (Lipinski definition) is 0. The predicted octanol–water partition coefficient (Wildman–Crippen LogP) is 2.94. The van der Waals surface area contributed by atoms with Crippen LogP contribution >= 0.6 is 0 Å². The SMILES string of the molecule is C.C.CC.CC.[B]. The lowest BCUT2D eigenvalue weighted by atomic mass is 10.8. The van der Waals surface area contributed by atoms with Crippen molar-refractivity contribution in [3.63, 3.8) is 0 Å². The molecule has 0 aliphatic carbocycles. The van der Waals surface area contributed by atoms with E-state index < -0.39 is 0 Å². The first-order valence-corrected chi connectivity index (χ1v) is 2.00. The Hall–Kier alpha value is 0.0649. The van der Waals surface area contributed by atoms with Gasteiger partial charge in [-0.3, -0.25) is 0 Å². The molecule has 0 rings (SSSR count). The maximum absolute atomic E-state index is 2.00. The highest BCUT2D eigenvalue weighted by atomic mass is 13.0. The van der Waals surface area contributed by atoms with Gasteiger partial charge in [0.05, 0.1) is 0 Å². The zero-order valence-corrected chi connectivity index (χ0v) is 4.58. The topological polar surface area (TPSA) is 0 Å².